The van der Waals surface area contributed by atoms with Crippen LogP contribution in [0.25, 0.3) is 0 Å². The van der Waals surface area contributed by atoms with E-state index in [0.717, 1.165) is 0 Å². The molecule has 0 rings (SSSR count). The van der Waals surface area contributed by atoms with Gasteiger partial charge in [-0.1, -0.05) is 0 Å². The van der Waals surface area contributed by atoms with Crippen molar-refractivity contribution >= 4 is 40.4 Å². The van der Waals surface area contributed by atoms with Gasteiger partial charge < -0.3 is 19.3 Å². The van der Waals surface area contributed by atoms with Crippen LogP contribution in [0.15, 0.2) is 0 Å². The molecule has 0 atom stereocenters. The maximum Gasteiger partial charge on any atom is 3.00 e. The molecule has 3 N–H and O–H groups in total. The Labute approximate surface area is 59.9 Å². The molecular weight excluding hydrogens is 99.3 g/mol. The van der Waals surface area contributed by atoms with Crippen LogP contribution in [0.3, 0.4) is 0 Å². The van der Waals surface area contributed by atoms with Gasteiger partial charge in [0, 0.05) is 0 Å². The molecular formula is H5AlMgO3. The molecule has 0 aliphatic rings. The summed E-state index contributed by atoms with van der Waals surface area (Å²) >= 11 is 0. The molecule has 0 aromatic rings. The molecule has 0 unspecified atom stereocenters. The molecule has 5 heavy (non-hydrogen) atoms. The Hall–Kier alpha value is 1.18. The van der Waals surface area contributed by atoms with Gasteiger partial charge in [0.25, 0.3) is 0 Å². The van der Waals surface area contributed by atoms with Crippen LogP contribution in [0.4, 0.5) is 0 Å². The topological polar surface area (TPSA) is 90.0 Å². The fraction of sp³-hybridized carbons (Fsp3) is 0. The molecule has 0 aliphatic heterocycles. The predicted molar refractivity (Wildman–Crippen MR) is 19.5 cm³/mol. The molecule has 0 bridgehead atoms. The molecule has 0 aromatic carbocycles. The van der Waals surface area contributed by atoms with Crippen LogP contribution in [-0.4, -0.2) is 56.8 Å². The van der Waals surface area contributed by atoms with E-state index in [4.69, 9.17) is 0 Å². The summed E-state index contributed by atoms with van der Waals surface area (Å²) < 4.78 is 0. The van der Waals surface area contributed by atoms with Crippen LogP contribution in [0.2, 0.25) is 0 Å². The van der Waals surface area contributed by atoms with Gasteiger partial charge in [-0.3, -0.25) is 0 Å². The van der Waals surface area contributed by atoms with Crippen molar-refractivity contribution in [3.05, 3.63) is 0 Å². The van der Waals surface area contributed by atoms with E-state index in [9.17, 15) is 0 Å². The van der Waals surface area contributed by atoms with Crippen molar-refractivity contribution in [2.24, 2.45) is 0 Å². The molecule has 0 aliphatic carbocycles. The van der Waals surface area contributed by atoms with Crippen LogP contribution in [0.5, 0.6) is 0 Å². The Kier molecular flexibility index (Phi) is 1550. The van der Waals surface area contributed by atoms with Crippen molar-refractivity contribution in [3.63, 3.8) is 0 Å². The molecule has 0 amide bonds. The van der Waals surface area contributed by atoms with Crippen LogP contribution >= 0.6 is 0 Å². The summed E-state index contributed by atoms with van der Waals surface area (Å²) in [6, 6.07) is 0. The zero-order chi connectivity index (χ0) is 0. The monoisotopic (exact) mass is 104 g/mol. The largest absolute Gasteiger partial charge is 3.00 e. The summed E-state index contributed by atoms with van der Waals surface area (Å²) in [5.41, 5.74) is 0. The van der Waals surface area contributed by atoms with E-state index in [1.807, 2.05) is 0 Å². The van der Waals surface area contributed by atoms with Crippen molar-refractivity contribution in [2.75, 3.05) is 0 Å². The van der Waals surface area contributed by atoms with Crippen LogP contribution in [-0.2, 0) is 0 Å². The Morgan fingerprint density at radius 2 is 0.800 bits per heavy atom. The van der Waals surface area contributed by atoms with Gasteiger partial charge in [0.15, 0.2) is 0 Å². The summed E-state index contributed by atoms with van der Waals surface area (Å²) in [5, 5.41) is 0. The van der Waals surface area contributed by atoms with Crippen molar-refractivity contribution in [1.29, 1.82) is 0 Å². The normalized spacial score (nSPS) is 0. The van der Waals surface area contributed by atoms with Crippen molar-refractivity contribution in [2.45, 2.75) is 0 Å². The first kappa shape index (κ1) is 119. The molecule has 0 spiro atoms. The van der Waals surface area contributed by atoms with E-state index in [-0.39, 0.29) is 59.7 Å². The Bertz CT molecular complexity index is 12.9. The molecule has 0 aromatic heterocycles. The van der Waals surface area contributed by atoms with E-state index >= 15 is 0 Å². The number of rotatable bonds is 0. The second kappa shape index (κ2) is 65.1. The Morgan fingerprint density at radius 1 is 0.800 bits per heavy atom. The fourth-order valence-electron chi connectivity index (χ4n) is 0. The van der Waals surface area contributed by atoms with Gasteiger partial charge in [-0.05, 0) is 0 Å². The quantitative estimate of drug-likeness (QED) is 0.367. The summed E-state index contributed by atoms with van der Waals surface area (Å²) in [6.45, 7) is 0. The first-order chi connectivity index (χ1) is 0. The maximum atomic E-state index is 0. The van der Waals surface area contributed by atoms with E-state index in [2.05, 4.69) is 0 Å². The van der Waals surface area contributed by atoms with Gasteiger partial charge in [0.05, 0.1) is 0 Å². The molecule has 0 radical (unpaired) electrons. The Morgan fingerprint density at radius 3 is 0.800 bits per heavy atom. The second-order valence-electron chi connectivity index (χ2n) is 0. The van der Waals surface area contributed by atoms with E-state index in [1.54, 1.807) is 0 Å². The van der Waals surface area contributed by atoms with Gasteiger partial charge >= 0.3 is 40.4 Å². The first-order valence-electron chi connectivity index (χ1n) is 0. The molecule has 0 heterocycles. The van der Waals surface area contributed by atoms with Crippen LogP contribution < -0.4 is 0 Å². The minimum absolute atomic E-state index is 0. The molecule has 0 saturated carbocycles. The van der Waals surface area contributed by atoms with Crippen LogP contribution in [0.1, 0.15) is 2.85 Å². The zero-order valence-corrected chi connectivity index (χ0v) is 5.20. The van der Waals surface area contributed by atoms with Gasteiger partial charge in [0.1, 0.15) is 0 Å². The fourth-order valence-corrected chi connectivity index (χ4v) is 0. The van der Waals surface area contributed by atoms with E-state index in [0.29, 0.717) is 0 Å². The van der Waals surface area contributed by atoms with Crippen molar-refractivity contribution < 1.29 is 19.3 Å². The van der Waals surface area contributed by atoms with E-state index in [1.165, 1.54) is 0 Å². The number of hydrogen-bond donors (Lipinski definition) is 0. The first-order valence-corrected chi connectivity index (χ1v) is 0. The second-order valence-corrected chi connectivity index (χ2v) is 0. The van der Waals surface area contributed by atoms with E-state index < -0.39 is 0 Å². The summed E-state index contributed by atoms with van der Waals surface area (Å²) in [5.74, 6) is 0. The molecule has 3 nitrogen and oxygen atoms in total. The minimum Gasteiger partial charge on any atom is -1.00 e. The Balaban J connectivity index is 0. The average Bonchev–Trinajstić information content (AvgIpc) is 0. The van der Waals surface area contributed by atoms with Crippen LogP contribution in [0, 0.1) is 0 Å². The summed E-state index contributed by atoms with van der Waals surface area (Å²) in [4.78, 5) is 0. The smallest absolute Gasteiger partial charge is 1.00 e. The third-order valence-electron chi connectivity index (χ3n) is 0. The van der Waals surface area contributed by atoms with Crippen molar-refractivity contribution in [1.82, 2.24) is 0 Å². The standard InChI is InChI=1S/Al.Mg.3H2O.2H/h;;3*1H2;;/q+3;+2;;;;2*-1/p-3. The van der Waals surface area contributed by atoms with Crippen molar-refractivity contribution in [3.8, 4) is 0 Å². The summed E-state index contributed by atoms with van der Waals surface area (Å²) in [6.07, 6.45) is 0. The van der Waals surface area contributed by atoms with Gasteiger partial charge in [-0.25, -0.2) is 0 Å². The number of hydrogen-bond acceptors (Lipinski definition) is 3. The zero-order valence-electron chi connectivity index (χ0n) is 4.63. The maximum absolute atomic E-state index is 0. The molecule has 28 valence electrons. The van der Waals surface area contributed by atoms with Gasteiger partial charge in [-0.15, -0.1) is 0 Å². The molecule has 0 fully saturated rings. The SMILES string of the molecule is [Al+3].[H-].[H-].[Mg+2].[OH-].[OH-].[OH-]. The third-order valence-corrected chi connectivity index (χ3v) is 0. The predicted octanol–water partition coefficient (Wildman–Crippen LogP) is -1.07. The molecule has 5 heteroatoms. The minimum atomic E-state index is 0. The van der Waals surface area contributed by atoms with Gasteiger partial charge in [-0.2, -0.15) is 0 Å². The van der Waals surface area contributed by atoms with Gasteiger partial charge in [0.2, 0.25) is 0 Å². The third kappa shape index (κ3) is 37.7. The molecule has 0 saturated heterocycles. The average molecular weight is 104 g/mol. The summed E-state index contributed by atoms with van der Waals surface area (Å²) in [7, 11) is 0.